The molecule has 0 bridgehead atoms. The lowest BCUT2D eigenvalue weighted by atomic mass is 9.74. The third-order valence-electron chi connectivity index (χ3n) is 4.08. The van der Waals surface area contributed by atoms with Crippen molar-refractivity contribution in [2.75, 3.05) is 7.05 Å². The minimum absolute atomic E-state index is 0.278. The molecule has 0 aromatic heterocycles. The first kappa shape index (κ1) is 13.4. The van der Waals surface area contributed by atoms with Crippen LogP contribution in [0.25, 0.3) is 0 Å². The molecule has 1 saturated carbocycles. The summed E-state index contributed by atoms with van der Waals surface area (Å²) in [4.78, 5) is 0. The van der Waals surface area contributed by atoms with E-state index < -0.39 is 0 Å². The van der Waals surface area contributed by atoms with Crippen molar-refractivity contribution in [1.82, 2.24) is 5.32 Å². The second-order valence-corrected chi connectivity index (χ2v) is 6.22. The van der Waals surface area contributed by atoms with Crippen molar-refractivity contribution in [2.45, 2.75) is 52.2 Å². The molecule has 1 aliphatic rings. The van der Waals surface area contributed by atoms with Gasteiger partial charge in [-0.1, -0.05) is 32.0 Å². The summed E-state index contributed by atoms with van der Waals surface area (Å²) in [6.07, 6.45) is 3.86. The van der Waals surface area contributed by atoms with Gasteiger partial charge in [0.05, 0.1) is 0 Å². The van der Waals surface area contributed by atoms with Gasteiger partial charge in [-0.2, -0.15) is 0 Å². The van der Waals surface area contributed by atoms with Crippen LogP contribution in [0.15, 0.2) is 24.3 Å². The van der Waals surface area contributed by atoms with Crippen molar-refractivity contribution in [3.8, 4) is 5.75 Å². The monoisotopic (exact) mass is 247 g/mol. The lowest BCUT2D eigenvalue weighted by Gasteiger charge is -2.40. The van der Waals surface area contributed by atoms with Gasteiger partial charge in [0.1, 0.15) is 11.9 Å². The molecule has 0 amide bonds. The highest BCUT2D eigenvalue weighted by atomic mass is 16.5. The first-order valence-electron chi connectivity index (χ1n) is 6.91. The smallest absolute Gasteiger partial charge is 0.122 e. The molecule has 100 valence electrons. The minimum atomic E-state index is 0.278. The number of rotatable bonds is 3. The maximum absolute atomic E-state index is 6.26. The van der Waals surface area contributed by atoms with Crippen molar-refractivity contribution in [3.05, 3.63) is 29.8 Å². The van der Waals surface area contributed by atoms with Gasteiger partial charge in [0.25, 0.3) is 0 Å². The zero-order chi connectivity index (χ0) is 13.2. The van der Waals surface area contributed by atoms with Gasteiger partial charge in [-0.05, 0) is 50.3 Å². The summed E-state index contributed by atoms with van der Waals surface area (Å²) in [6, 6.07) is 8.76. The standard InChI is InChI=1S/C16H25NO/c1-12-7-5-6-8-14(12)18-15-11-16(2,3)10-9-13(15)17-4/h5-8,13,15,17H,9-11H2,1-4H3. The van der Waals surface area contributed by atoms with Crippen LogP contribution in [0.4, 0.5) is 0 Å². The van der Waals surface area contributed by atoms with E-state index >= 15 is 0 Å². The molecular formula is C16H25NO. The van der Waals surface area contributed by atoms with Crippen LogP contribution >= 0.6 is 0 Å². The molecule has 1 fully saturated rings. The molecule has 1 aromatic carbocycles. The molecule has 2 unspecified atom stereocenters. The molecule has 0 aliphatic heterocycles. The number of aryl methyl sites for hydroxylation is 1. The number of ether oxygens (including phenoxy) is 1. The van der Waals surface area contributed by atoms with Crippen molar-refractivity contribution < 1.29 is 4.74 Å². The second kappa shape index (κ2) is 5.31. The fourth-order valence-electron chi connectivity index (χ4n) is 2.83. The van der Waals surface area contributed by atoms with Crippen molar-refractivity contribution >= 4 is 0 Å². The zero-order valence-electron chi connectivity index (χ0n) is 12.0. The Morgan fingerprint density at radius 3 is 2.67 bits per heavy atom. The van der Waals surface area contributed by atoms with E-state index in [-0.39, 0.29) is 6.10 Å². The van der Waals surface area contributed by atoms with Gasteiger partial charge in [-0.25, -0.2) is 0 Å². The number of nitrogens with one attached hydrogen (secondary N) is 1. The molecule has 18 heavy (non-hydrogen) atoms. The summed E-state index contributed by atoms with van der Waals surface area (Å²) in [5.74, 6) is 1.03. The Kier molecular flexibility index (Phi) is 3.96. The Labute approximate surface area is 111 Å². The average molecular weight is 247 g/mol. The van der Waals surface area contributed by atoms with Crippen LogP contribution in [-0.2, 0) is 0 Å². The highest BCUT2D eigenvalue weighted by Gasteiger charge is 2.35. The Hall–Kier alpha value is -1.02. The summed E-state index contributed by atoms with van der Waals surface area (Å²) >= 11 is 0. The van der Waals surface area contributed by atoms with E-state index in [0.717, 1.165) is 12.2 Å². The molecule has 2 heteroatoms. The summed E-state index contributed by atoms with van der Waals surface area (Å²) < 4.78 is 6.26. The van der Waals surface area contributed by atoms with Gasteiger partial charge in [0.2, 0.25) is 0 Å². The fourth-order valence-corrected chi connectivity index (χ4v) is 2.83. The van der Waals surface area contributed by atoms with Crippen LogP contribution in [0, 0.1) is 12.3 Å². The highest BCUT2D eigenvalue weighted by molar-refractivity contribution is 5.32. The molecule has 0 heterocycles. The molecule has 1 aliphatic carbocycles. The predicted octanol–water partition coefficient (Wildman–Crippen LogP) is 3.54. The van der Waals surface area contributed by atoms with E-state index in [4.69, 9.17) is 4.74 Å². The lowest BCUT2D eigenvalue weighted by molar-refractivity contribution is 0.0554. The summed E-state index contributed by atoms with van der Waals surface area (Å²) in [6.45, 7) is 6.79. The largest absolute Gasteiger partial charge is 0.489 e. The van der Waals surface area contributed by atoms with Crippen molar-refractivity contribution in [2.24, 2.45) is 5.41 Å². The van der Waals surface area contributed by atoms with Crippen LogP contribution < -0.4 is 10.1 Å². The predicted molar refractivity (Wildman–Crippen MR) is 76.1 cm³/mol. The summed E-state index contributed by atoms with van der Waals surface area (Å²) in [5, 5.41) is 3.41. The third kappa shape index (κ3) is 3.05. The minimum Gasteiger partial charge on any atom is -0.489 e. The van der Waals surface area contributed by atoms with E-state index in [1.807, 2.05) is 13.1 Å². The zero-order valence-corrected chi connectivity index (χ0v) is 12.0. The van der Waals surface area contributed by atoms with E-state index in [2.05, 4.69) is 44.3 Å². The lowest BCUT2D eigenvalue weighted by Crippen LogP contribution is -2.47. The first-order chi connectivity index (χ1) is 8.52. The van der Waals surface area contributed by atoms with Gasteiger partial charge in [0, 0.05) is 6.04 Å². The second-order valence-electron chi connectivity index (χ2n) is 6.22. The fraction of sp³-hybridized carbons (Fsp3) is 0.625. The van der Waals surface area contributed by atoms with Crippen LogP contribution in [0.1, 0.15) is 38.7 Å². The number of para-hydroxylation sites is 1. The quantitative estimate of drug-likeness (QED) is 0.882. The number of benzene rings is 1. The van der Waals surface area contributed by atoms with E-state index in [0.29, 0.717) is 11.5 Å². The normalized spacial score (nSPS) is 26.9. The van der Waals surface area contributed by atoms with Gasteiger partial charge in [-0.15, -0.1) is 0 Å². The van der Waals surface area contributed by atoms with Gasteiger partial charge in [0.15, 0.2) is 0 Å². The average Bonchev–Trinajstić information content (AvgIpc) is 2.31. The molecule has 1 N–H and O–H groups in total. The Balaban J connectivity index is 2.12. The number of likely N-dealkylation sites (N-methyl/N-ethyl adjacent to an activating group) is 1. The summed E-state index contributed by atoms with van der Waals surface area (Å²) in [5.41, 5.74) is 1.61. The third-order valence-corrected chi connectivity index (χ3v) is 4.08. The van der Waals surface area contributed by atoms with Crippen LogP contribution in [0.5, 0.6) is 5.75 Å². The van der Waals surface area contributed by atoms with Crippen molar-refractivity contribution in [3.63, 3.8) is 0 Å². The number of hydrogen-bond donors (Lipinski definition) is 1. The van der Waals surface area contributed by atoms with Gasteiger partial charge < -0.3 is 10.1 Å². The SMILES string of the molecule is CNC1CCC(C)(C)CC1Oc1ccccc1C. The van der Waals surface area contributed by atoms with Crippen LogP contribution in [-0.4, -0.2) is 19.2 Å². The molecule has 1 aromatic rings. The molecule has 2 rings (SSSR count). The topological polar surface area (TPSA) is 21.3 Å². The molecule has 0 radical (unpaired) electrons. The summed E-state index contributed by atoms with van der Waals surface area (Å²) in [7, 11) is 2.04. The van der Waals surface area contributed by atoms with Crippen LogP contribution in [0.2, 0.25) is 0 Å². The number of hydrogen-bond acceptors (Lipinski definition) is 2. The van der Waals surface area contributed by atoms with Gasteiger partial charge in [-0.3, -0.25) is 0 Å². The molecule has 2 nitrogen and oxygen atoms in total. The van der Waals surface area contributed by atoms with Crippen LogP contribution in [0.3, 0.4) is 0 Å². The van der Waals surface area contributed by atoms with Crippen molar-refractivity contribution in [1.29, 1.82) is 0 Å². The Morgan fingerprint density at radius 2 is 2.00 bits per heavy atom. The van der Waals surface area contributed by atoms with E-state index in [1.54, 1.807) is 0 Å². The Morgan fingerprint density at radius 1 is 1.28 bits per heavy atom. The van der Waals surface area contributed by atoms with E-state index in [1.165, 1.54) is 18.4 Å². The maximum atomic E-state index is 6.26. The molecule has 2 atom stereocenters. The highest BCUT2D eigenvalue weighted by Crippen LogP contribution is 2.37. The van der Waals surface area contributed by atoms with E-state index in [9.17, 15) is 0 Å². The maximum Gasteiger partial charge on any atom is 0.122 e. The molecular weight excluding hydrogens is 222 g/mol. The molecule has 0 saturated heterocycles. The first-order valence-corrected chi connectivity index (χ1v) is 6.91. The van der Waals surface area contributed by atoms with Gasteiger partial charge >= 0.3 is 0 Å². The molecule has 0 spiro atoms. The Bertz CT molecular complexity index is 400.